The van der Waals surface area contributed by atoms with Crippen molar-refractivity contribution in [2.24, 2.45) is 0 Å². The van der Waals surface area contributed by atoms with E-state index in [-0.39, 0.29) is 18.4 Å². The number of carboxylic acid groups (broad SMARTS) is 1. The molecule has 2 N–H and O–H groups in total. The predicted molar refractivity (Wildman–Crippen MR) is 80.3 cm³/mol. The molecule has 0 radical (unpaired) electrons. The number of ether oxygens (including phenoxy) is 1. The SMILES string of the molecule is CCC(CC(=O)NCC(OC)C(=O)O)c1ccc(C)cc1. The van der Waals surface area contributed by atoms with Gasteiger partial charge in [0.05, 0.1) is 6.54 Å². The minimum Gasteiger partial charge on any atom is -0.479 e. The fourth-order valence-corrected chi connectivity index (χ4v) is 2.11. The van der Waals surface area contributed by atoms with Gasteiger partial charge < -0.3 is 15.2 Å². The van der Waals surface area contributed by atoms with Gasteiger partial charge in [0.25, 0.3) is 0 Å². The number of nitrogens with one attached hydrogen (secondary N) is 1. The number of aliphatic carboxylic acids is 1. The van der Waals surface area contributed by atoms with Crippen LogP contribution in [-0.2, 0) is 14.3 Å². The standard InChI is InChI=1S/C16H23NO4/c1-4-12(13-7-5-11(2)6-8-13)9-15(18)17-10-14(21-3)16(19)20/h5-8,12,14H,4,9-10H2,1-3H3,(H,17,18)(H,19,20). The Morgan fingerprint density at radius 3 is 2.38 bits per heavy atom. The number of methoxy groups -OCH3 is 1. The molecule has 0 aromatic heterocycles. The van der Waals surface area contributed by atoms with Crippen molar-refractivity contribution in [3.05, 3.63) is 35.4 Å². The zero-order valence-corrected chi connectivity index (χ0v) is 12.8. The first-order chi connectivity index (χ1) is 9.97. The molecule has 2 atom stereocenters. The lowest BCUT2D eigenvalue weighted by molar-refractivity contribution is -0.148. The molecule has 0 saturated carbocycles. The first kappa shape index (κ1) is 17.2. The summed E-state index contributed by atoms with van der Waals surface area (Å²) in [6.45, 7) is 4.04. The van der Waals surface area contributed by atoms with Crippen LogP contribution in [0.5, 0.6) is 0 Å². The third kappa shape index (κ3) is 5.55. The molecule has 1 aromatic rings. The summed E-state index contributed by atoms with van der Waals surface area (Å²) in [5.74, 6) is -1.11. The molecule has 1 aromatic carbocycles. The normalized spacial score (nSPS) is 13.5. The quantitative estimate of drug-likeness (QED) is 0.769. The van der Waals surface area contributed by atoms with Crippen LogP contribution in [0.4, 0.5) is 0 Å². The van der Waals surface area contributed by atoms with Crippen molar-refractivity contribution in [1.29, 1.82) is 0 Å². The van der Waals surface area contributed by atoms with Crippen molar-refractivity contribution < 1.29 is 19.4 Å². The Balaban J connectivity index is 2.55. The molecule has 0 aliphatic rings. The highest BCUT2D eigenvalue weighted by Crippen LogP contribution is 2.23. The molecule has 0 spiro atoms. The molecule has 0 fully saturated rings. The van der Waals surface area contributed by atoms with Crippen LogP contribution in [0, 0.1) is 6.92 Å². The largest absolute Gasteiger partial charge is 0.479 e. The van der Waals surface area contributed by atoms with Crippen LogP contribution in [0.25, 0.3) is 0 Å². The topological polar surface area (TPSA) is 75.6 Å². The molecule has 5 nitrogen and oxygen atoms in total. The van der Waals surface area contributed by atoms with E-state index in [4.69, 9.17) is 9.84 Å². The first-order valence-electron chi connectivity index (χ1n) is 7.06. The second-order valence-electron chi connectivity index (χ2n) is 5.09. The molecule has 116 valence electrons. The van der Waals surface area contributed by atoms with Gasteiger partial charge in [0, 0.05) is 13.5 Å². The Hall–Kier alpha value is -1.88. The van der Waals surface area contributed by atoms with Crippen molar-refractivity contribution in [2.45, 2.75) is 38.7 Å². The maximum absolute atomic E-state index is 11.9. The molecule has 1 amide bonds. The Bertz CT molecular complexity index is 470. The monoisotopic (exact) mass is 293 g/mol. The fourth-order valence-electron chi connectivity index (χ4n) is 2.11. The molecule has 1 rings (SSSR count). The van der Waals surface area contributed by atoms with E-state index in [2.05, 4.69) is 5.32 Å². The summed E-state index contributed by atoms with van der Waals surface area (Å²) in [5.41, 5.74) is 2.31. The van der Waals surface area contributed by atoms with E-state index >= 15 is 0 Å². The van der Waals surface area contributed by atoms with Gasteiger partial charge in [-0.05, 0) is 24.8 Å². The summed E-state index contributed by atoms with van der Waals surface area (Å²) < 4.78 is 4.78. The zero-order valence-electron chi connectivity index (χ0n) is 12.8. The second kappa shape index (κ2) is 8.42. The molecule has 0 bridgehead atoms. The van der Waals surface area contributed by atoms with Crippen molar-refractivity contribution in [3.8, 4) is 0 Å². The first-order valence-corrected chi connectivity index (χ1v) is 7.06. The van der Waals surface area contributed by atoms with Crippen LogP contribution in [0.2, 0.25) is 0 Å². The van der Waals surface area contributed by atoms with E-state index in [1.165, 1.54) is 12.7 Å². The molecular weight excluding hydrogens is 270 g/mol. The maximum Gasteiger partial charge on any atom is 0.334 e. The Kier molecular flexibility index (Phi) is 6.88. The highest BCUT2D eigenvalue weighted by molar-refractivity contribution is 5.78. The molecule has 0 aliphatic carbocycles. The minimum absolute atomic E-state index is 0.0189. The number of hydrogen-bond donors (Lipinski definition) is 2. The van der Waals surface area contributed by atoms with E-state index in [1.54, 1.807) is 0 Å². The van der Waals surface area contributed by atoms with Gasteiger partial charge in [-0.1, -0.05) is 36.8 Å². The molecule has 0 saturated heterocycles. The van der Waals surface area contributed by atoms with E-state index < -0.39 is 12.1 Å². The van der Waals surface area contributed by atoms with Gasteiger partial charge in [0.2, 0.25) is 5.91 Å². The number of rotatable bonds is 8. The Labute approximate surface area is 125 Å². The van der Waals surface area contributed by atoms with Gasteiger partial charge in [-0.3, -0.25) is 4.79 Å². The lowest BCUT2D eigenvalue weighted by Gasteiger charge is -2.17. The average molecular weight is 293 g/mol. The fraction of sp³-hybridized carbons (Fsp3) is 0.500. The van der Waals surface area contributed by atoms with Crippen molar-refractivity contribution >= 4 is 11.9 Å². The summed E-state index contributed by atoms with van der Waals surface area (Å²) in [4.78, 5) is 22.7. The molecule has 21 heavy (non-hydrogen) atoms. The van der Waals surface area contributed by atoms with E-state index in [0.717, 1.165) is 12.0 Å². The van der Waals surface area contributed by atoms with Crippen LogP contribution < -0.4 is 5.32 Å². The smallest absolute Gasteiger partial charge is 0.334 e. The molecule has 5 heteroatoms. The number of carbonyl (C=O) groups is 2. The predicted octanol–water partition coefficient (Wildman–Crippen LogP) is 2.09. The van der Waals surface area contributed by atoms with Crippen molar-refractivity contribution in [1.82, 2.24) is 5.32 Å². The summed E-state index contributed by atoms with van der Waals surface area (Å²) in [7, 11) is 1.31. The number of hydrogen-bond acceptors (Lipinski definition) is 3. The minimum atomic E-state index is -1.08. The van der Waals surface area contributed by atoms with Gasteiger partial charge >= 0.3 is 5.97 Å². The lowest BCUT2D eigenvalue weighted by atomic mass is 9.92. The van der Waals surface area contributed by atoms with Gasteiger partial charge in [-0.2, -0.15) is 0 Å². The maximum atomic E-state index is 11.9. The number of benzene rings is 1. The number of amides is 1. The van der Waals surface area contributed by atoms with Crippen LogP contribution in [0.1, 0.15) is 36.8 Å². The molecule has 2 unspecified atom stereocenters. The molecule has 0 heterocycles. The summed E-state index contributed by atoms with van der Waals surface area (Å²) in [6.07, 6.45) is 0.187. The lowest BCUT2D eigenvalue weighted by Crippen LogP contribution is -2.38. The molecule has 0 aliphatic heterocycles. The number of aryl methyl sites for hydroxylation is 1. The van der Waals surface area contributed by atoms with Crippen molar-refractivity contribution in [2.75, 3.05) is 13.7 Å². The Morgan fingerprint density at radius 2 is 1.90 bits per heavy atom. The molecular formula is C16H23NO4. The van der Waals surface area contributed by atoms with Gasteiger partial charge in [0.15, 0.2) is 6.10 Å². The summed E-state index contributed by atoms with van der Waals surface area (Å²) >= 11 is 0. The number of carbonyl (C=O) groups excluding carboxylic acids is 1. The van der Waals surface area contributed by atoms with E-state index in [0.29, 0.717) is 6.42 Å². The average Bonchev–Trinajstić information content (AvgIpc) is 2.46. The van der Waals surface area contributed by atoms with Gasteiger partial charge in [0.1, 0.15) is 0 Å². The van der Waals surface area contributed by atoms with Crippen LogP contribution >= 0.6 is 0 Å². The summed E-state index contributed by atoms with van der Waals surface area (Å²) in [5, 5.41) is 11.5. The van der Waals surface area contributed by atoms with Crippen molar-refractivity contribution in [3.63, 3.8) is 0 Å². The van der Waals surface area contributed by atoms with E-state index in [9.17, 15) is 9.59 Å². The van der Waals surface area contributed by atoms with Crippen LogP contribution in [0.15, 0.2) is 24.3 Å². The Morgan fingerprint density at radius 1 is 1.29 bits per heavy atom. The summed E-state index contributed by atoms with van der Waals surface area (Å²) in [6, 6.07) is 8.13. The van der Waals surface area contributed by atoms with Gasteiger partial charge in [-0.25, -0.2) is 4.79 Å². The number of carboxylic acids is 1. The van der Waals surface area contributed by atoms with Crippen LogP contribution in [-0.4, -0.2) is 36.7 Å². The van der Waals surface area contributed by atoms with Gasteiger partial charge in [-0.15, -0.1) is 0 Å². The highest BCUT2D eigenvalue weighted by Gasteiger charge is 2.19. The third-order valence-electron chi connectivity index (χ3n) is 3.52. The van der Waals surface area contributed by atoms with Crippen LogP contribution in [0.3, 0.4) is 0 Å². The third-order valence-corrected chi connectivity index (χ3v) is 3.52. The zero-order chi connectivity index (χ0) is 15.8. The highest BCUT2D eigenvalue weighted by atomic mass is 16.5. The second-order valence-corrected chi connectivity index (χ2v) is 5.09. The van der Waals surface area contributed by atoms with E-state index in [1.807, 2.05) is 38.1 Å².